The molecule has 4 heteroatoms. The van der Waals surface area contributed by atoms with E-state index in [9.17, 15) is 4.39 Å². The van der Waals surface area contributed by atoms with Crippen LogP contribution in [0.5, 0.6) is 0 Å². The lowest BCUT2D eigenvalue weighted by atomic mass is 10.2. The summed E-state index contributed by atoms with van der Waals surface area (Å²) < 4.78 is 13.2. The van der Waals surface area contributed by atoms with Gasteiger partial charge in [0.15, 0.2) is 0 Å². The fraction of sp³-hybridized carbons (Fsp3) is 0. The molecule has 0 spiro atoms. The molecule has 0 fully saturated rings. The van der Waals surface area contributed by atoms with Crippen molar-refractivity contribution in [2.45, 2.75) is 0 Å². The van der Waals surface area contributed by atoms with Crippen molar-refractivity contribution < 1.29 is 4.39 Å². The standard InChI is InChI=1S/C10H7FN2S/c11-8-3-1-7(2-4-8)9-5-13-10(14)6-12-9/h1-6H,(H,13,14). The first-order valence-electron chi connectivity index (χ1n) is 4.06. The Hall–Kier alpha value is -1.55. The van der Waals surface area contributed by atoms with Gasteiger partial charge in [-0.1, -0.05) is 12.2 Å². The third kappa shape index (κ3) is 1.85. The Balaban J connectivity index is 2.44. The van der Waals surface area contributed by atoms with Crippen LogP contribution in [0.15, 0.2) is 36.7 Å². The number of aromatic amines is 1. The molecule has 0 bridgehead atoms. The van der Waals surface area contributed by atoms with Crippen LogP contribution < -0.4 is 0 Å². The number of aromatic nitrogens is 2. The summed E-state index contributed by atoms with van der Waals surface area (Å²) in [6, 6.07) is 6.15. The van der Waals surface area contributed by atoms with Crippen LogP contribution in [0, 0.1) is 10.5 Å². The van der Waals surface area contributed by atoms with Crippen molar-refractivity contribution in [2.75, 3.05) is 0 Å². The maximum atomic E-state index is 12.6. The molecule has 70 valence electrons. The predicted octanol–water partition coefficient (Wildman–Crippen LogP) is 2.95. The maximum Gasteiger partial charge on any atom is 0.123 e. The molecule has 2 nitrogen and oxygen atoms in total. The number of hydrogen-bond acceptors (Lipinski definition) is 2. The van der Waals surface area contributed by atoms with Crippen molar-refractivity contribution in [2.24, 2.45) is 0 Å². The van der Waals surface area contributed by atoms with Gasteiger partial charge in [-0.25, -0.2) is 4.39 Å². The van der Waals surface area contributed by atoms with E-state index in [1.54, 1.807) is 24.5 Å². The lowest BCUT2D eigenvalue weighted by molar-refractivity contribution is 0.628. The van der Waals surface area contributed by atoms with Crippen molar-refractivity contribution >= 4 is 12.2 Å². The second-order valence-electron chi connectivity index (χ2n) is 2.80. The average molecular weight is 206 g/mol. The molecule has 0 amide bonds. The third-order valence-corrected chi connectivity index (χ3v) is 2.04. The molecule has 0 aliphatic heterocycles. The highest BCUT2D eigenvalue weighted by Gasteiger charge is 1.97. The number of hydrogen-bond donors (Lipinski definition) is 1. The largest absolute Gasteiger partial charge is 0.350 e. The normalized spacial score (nSPS) is 10.1. The van der Waals surface area contributed by atoms with Crippen LogP contribution in [0.2, 0.25) is 0 Å². The predicted molar refractivity (Wildman–Crippen MR) is 54.8 cm³/mol. The van der Waals surface area contributed by atoms with Gasteiger partial charge in [0.1, 0.15) is 10.5 Å². The first-order chi connectivity index (χ1) is 6.75. The summed E-state index contributed by atoms with van der Waals surface area (Å²) >= 11 is 4.86. The Morgan fingerprint density at radius 2 is 1.93 bits per heavy atom. The maximum absolute atomic E-state index is 12.6. The molecule has 1 aromatic carbocycles. The van der Waals surface area contributed by atoms with E-state index >= 15 is 0 Å². The number of rotatable bonds is 1. The zero-order valence-electron chi connectivity index (χ0n) is 7.20. The molecule has 0 unspecified atom stereocenters. The molecule has 1 N–H and O–H groups in total. The van der Waals surface area contributed by atoms with Gasteiger partial charge in [-0.2, -0.15) is 0 Å². The second kappa shape index (κ2) is 3.67. The molecule has 0 radical (unpaired) electrons. The summed E-state index contributed by atoms with van der Waals surface area (Å²) in [5, 5.41) is 0. The zero-order valence-corrected chi connectivity index (χ0v) is 8.01. The molecular formula is C10H7FN2S. The topological polar surface area (TPSA) is 28.7 Å². The van der Waals surface area contributed by atoms with Gasteiger partial charge in [0.05, 0.1) is 11.9 Å². The van der Waals surface area contributed by atoms with Crippen LogP contribution in [0.4, 0.5) is 4.39 Å². The summed E-state index contributed by atoms with van der Waals surface area (Å²) in [4.78, 5) is 6.99. The van der Waals surface area contributed by atoms with Crippen molar-refractivity contribution in [1.29, 1.82) is 0 Å². The summed E-state index contributed by atoms with van der Waals surface area (Å²) in [5.74, 6) is -0.252. The lowest BCUT2D eigenvalue weighted by Gasteiger charge is -1.98. The van der Waals surface area contributed by atoms with Crippen molar-refractivity contribution in [3.8, 4) is 11.3 Å². The van der Waals surface area contributed by atoms with Crippen LogP contribution in [-0.2, 0) is 0 Å². The van der Waals surface area contributed by atoms with Gasteiger partial charge in [-0.3, -0.25) is 4.98 Å². The molecule has 0 aliphatic carbocycles. The van der Waals surface area contributed by atoms with E-state index in [-0.39, 0.29) is 5.82 Å². The Morgan fingerprint density at radius 3 is 2.50 bits per heavy atom. The highest BCUT2D eigenvalue weighted by Crippen LogP contribution is 2.15. The van der Waals surface area contributed by atoms with E-state index in [2.05, 4.69) is 9.97 Å². The summed E-state index contributed by atoms with van der Waals surface area (Å²) in [6.45, 7) is 0. The molecular weight excluding hydrogens is 199 g/mol. The monoisotopic (exact) mass is 206 g/mol. The summed E-state index contributed by atoms with van der Waals surface area (Å²) in [7, 11) is 0. The van der Waals surface area contributed by atoms with E-state index < -0.39 is 0 Å². The van der Waals surface area contributed by atoms with E-state index in [4.69, 9.17) is 12.2 Å². The fourth-order valence-corrected chi connectivity index (χ4v) is 1.23. The van der Waals surface area contributed by atoms with Crippen molar-refractivity contribution in [3.05, 3.63) is 47.1 Å². The molecule has 0 atom stereocenters. The van der Waals surface area contributed by atoms with Crippen molar-refractivity contribution in [1.82, 2.24) is 9.97 Å². The fourth-order valence-electron chi connectivity index (χ4n) is 1.12. The Kier molecular flexibility index (Phi) is 2.37. The quantitative estimate of drug-likeness (QED) is 0.727. The Morgan fingerprint density at radius 1 is 1.21 bits per heavy atom. The molecule has 0 saturated heterocycles. The second-order valence-corrected chi connectivity index (χ2v) is 3.24. The molecule has 0 aliphatic rings. The van der Waals surface area contributed by atoms with Gasteiger partial charge in [0.25, 0.3) is 0 Å². The summed E-state index contributed by atoms with van der Waals surface area (Å²) in [6.07, 6.45) is 3.27. The van der Waals surface area contributed by atoms with Crippen LogP contribution in [0.1, 0.15) is 0 Å². The SMILES string of the molecule is Fc1ccc(-c2c[nH]c(=S)cn2)cc1. The smallest absolute Gasteiger partial charge is 0.123 e. The number of benzene rings is 1. The molecule has 1 heterocycles. The minimum absolute atomic E-state index is 0.252. The first-order valence-corrected chi connectivity index (χ1v) is 4.47. The van der Waals surface area contributed by atoms with Crippen LogP contribution in [0.25, 0.3) is 11.3 Å². The molecule has 2 rings (SSSR count). The Bertz CT molecular complexity index is 470. The van der Waals surface area contributed by atoms with Gasteiger partial charge in [0, 0.05) is 11.8 Å². The van der Waals surface area contributed by atoms with E-state index in [1.807, 2.05) is 0 Å². The highest BCUT2D eigenvalue weighted by molar-refractivity contribution is 7.71. The zero-order chi connectivity index (χ0) is 9.97. The molecule has 2 aromatic rings. The molecule has 1 aromatic heterocycles. The highest BCUT2D eigenvalue weighted by atomic mass is 32.1. The lowest BCUT2D eigenvalue weighted by Crippen LogP contribution is -1.85. The molecule has 0 saturated carbocycles. The van der Waals surface area contributed by atoms with E-state index in [1.165, 1.54) is 12.1 Å². The van der Waals surface area contributed by atoms with Crippen LogP contribution in [-0.4, -0.2) is 9.97 Å². The van der Waals surface area contributed by atoms with Gasteiger partial charge >= 0.3 is 0 Å². The van der Waals surface area contributed by atoms with Gasteiger partial charge < -0.3 is 4.98 Å². The first kappa shape index (κ1) is 9.02. The minimum atomic E-state index is -0.252. The van der Waals surface area contributed by atoms with E-state index in [0.29, 0.717) is 4.64 Å². The van der Waals surface area contributed by atoms with Gasteiger partial charge in [-0.15, -0.1) is 0 Å². The number of halogens is 1. The van der Waals surface area contributed by atoms with Crippen molar-refractivity contribution in [3.63, 3.8) is 0 Å². The number of nitrogens with one attached hydrogen (secondary N) is 1. The van der Waals surface area contributed by atoms with Crippen LogP contribution in [0.3, 0.4) is 0 Å². The van der Waals surface area contributed by atoms with Gasteiger partial charge in [0.2, 0.25) is 0 Å². The average Bonchev–Trinajstić information content (AvgIpc) is 2.21. The Labute approximate surface area is 85.5 Å². The number of nitrogens with zero attached hydrogens (tertiary/aromatic N) is 1. The minimum Gasteiger partial charge on any atom is -0.350 e. The molecule has 14 heavy (non-hydrogen) atoms. The third-order valence-electron chi connectivity index (χ3n) is 1.81. The van der Waals surface area contributed by atoms with Crippen LogP contribution >= 0.6 is 12.2 Å². The van der Waals surface area contributed by atoms with E-state index in [0.717, 1.165) is 11.3 Å². The number of H-pyrrole nitrogens is 1. The van der Waals surface area contributed by atoms with Gasteiger partial charge in [-0.05, 0) is 24.3 Å². The summed E-state index contributed by atoms with van der Waals surface area (Å²) in [5.41, 5.74) is 1.61.